The van der Waals surface area contributed by atoms with Crippen LogP contribution in [0.4, 0.5) is 4.39 Å². The molecule has 0 fully saturated rings. The van der Waals surface area contributed by atoms with Crippen LogP contribution in [0.25, 0.3) is 5.69 Å². The van der Waals surface area contributed by atoms with Crippen molar-refractivity contribution in [3.05, 3.63) is 89.0 Å². The molecule has 3 rings (SSSR count). The largest absolute Gasteiger partial charge is 0.368 e. The fraction of sp³-hybridized carbons (Fsp3) is 0.143. The highest BCUT2D eigenvalue weighted by molar-refractivity contribution is 5.99. The van der Waals surface area contributed by atoms with E-state index in [9.17, 15) is 14.0 Å². The molecule has 1 heterocycles. The Labute approximate surface area is 156 Å². The third-order valence-electron chi connectivity index (χ3n) is 4.45. The van der Waals surface area contributed by atoms with E-state index in [4.69, 9.17) is 5.73 Å². The Balaban J connectivity index is 1.92. The Bertz CT molecular complexity index is 979. The van der Waals surface area contributed by atoms with E-state index in [2.05, 4.69) is 5.32 Å². The number of carbonyl (C=O) groups is 2. The zero-order valence-electron chi connectivity index (χ0n) is 15.1. The number of aryl methyl sites for hydroxylation is 1. The van der Waals surface area contributed by atoms with Crippen molar-refractivity contribution in [3.63, 3.8) is 0 Å². The second-order valence-electron chi connectivity index (χ2n) is 6.32. The lowest BCUT2D eigenvalue weighted by Gasteiger charge is -2.16. The minimum Gasteiger partial charge on any atom is -0.368 e. The molecule has 138 valence electrons. The first-order valence-corrected chi connectivity index (χ1v) is 8.48. The molecular weight excluding hydrogens is 345 g/mol. The average molecular weight is 365 g/mol. The zero-order valence-corrected chi connectivity index (χ0v) is 15.1. The van der Waals surface area contributed by atoms with Crippen LogP contribution in [0.3, 0.4) is 0 Å². The molecule has 1 atom stereocenters. The molecule has 0 bridgehead atoms. The smallest absolute Gasteiger partial charge is 0.254 e. The van der Waals surface area contributed by atoms with Crippen LogP contribution in [0, 0.1) is 19.7 Å². The van der Waals surface area contributed by atoms with Gasteiger partial charge in [0, 0.05) is 17.1 Å². The van der Waals surface area contributed by atoms with Gasteiger partial charge in [-0.2, -0.15) is 0 Å². The standard InChI is InChI=1S/C21H20FN3O2/c1-13-12-18(14(2)25(13)17-10-8-16(22)9-11-17)21(27)24-19(20(23)26)15-6-4-3-5-7-15/h3-12,19H,1-2H3,(H2,23,26)(H,24,27). The van der Waals surface area contributed by atoms with Crippen molar-refractivity contribution in [3.8, 4) is 5.69 Å². The molecule has 0 aliphatic carbocycles. The number of rotatable bonds is 5. The normalized spacial score (nSPS) is 11.8. The highest BCUT2D eigenvalue weighted by Crippen LogP contribution is 2.22. The number of hydrogen-bond donors (Lipinski definition) is 2. The molecule has 1 aromatic heterocycles. The summed E-state index contributed by atoms with van der Waals surface area (Å²) in [4.78, 5) is 24.7. The Morgan fingerprint density at radius 2 is 1.67 bits per heavy atom. The molecule has 0 saturated carbocycles. The van der Waals surface area contributed by atoms with Crippen LogP contribution < -0.4 is 11.1 Å². The van der Waals surface area contributed by atoms with Crippen molar-refractivity contribution < 1.29 is 14.0 Å². The monoisotopic (exact) mass is 365 g/mol. The Hall–Kier alpha value is -3.41. The van der Waals surface area contributed by atoms with E-state index >= 15 is 0 Å². The number of nitrogens with two attached hydrogens (primary N) is 1. The third kappa shape index (κ3) is 3.74. The summed E-state index contributed by atoms with van der Waals surface area (Å²) in [7, 11) is 0. The molecule has 2 aromatic carbocycles. The molecule has 3 aromatic rings. The van der Waals surface area contributed by atoms with Crippen LogP contribution >= 0.6 is 0 Å². The summed E-state index contributed by atoms with van der Waals surface area (Å²) < 4.78 is 15.1. The summed E-state index contributed by atoms with van der Waals surface area (Å²) in [5.74, 6) is -1.36. The molecule has 0 aliphatic heterocycles. The number of nitrogens with zero attached hydrogens (tertiary/aromatic N) is 1. The van der Waals surface area contributed by atoms with Gasteiger partial charge in [0.25, 0.3) is 5.91 Å². The van der Waals surface area contributed by atoms with Gasteiger partial charge in [0.2, 0.25) is 5.91 Å². The molecule has 6 heteroatoms. The first-order valence-electron chi connectivity index (χ1n) is 8.48. The lowest BCUT2D eigenvalue weighted by Crippen LogP contribution is -2.37. The van der Waals surface area contributed by atoms with Crippen molar-refractivity contribution >= 4 is 11.8 Å². The number of nitrogens with one attached hydrogen (secondary N) is 1. The molecule has 3 N–H and O–H groups in total. The predicted octanol–water partition coefficient (Wildman–Crippen LogP) is 3.19. The van der Waals surface area contributed by atoms with Crippen LogP contribution in [-0.4, -0.2) is 16.4 Å². The number of benzene rings is 2. The summed E-state index contributed by atoms with van der Waals surface area (Å²) >= 11 is 0. The fourth-order valence-corrected chi connectivity index (χ4v) is 3.15. The Morgan fingerprint density at radius 1 is 1.04 bits per heavy atom. The lowest BCUT2D eigenvalue weighted by atomic mass is 10.1. The summed E-state index contributed by atoms with van der Waals surface area (Å²) in [5, 5.41) is 2.70. The van der Waals surface area contributed by atoms with E-state index in [1.165, 1.54) is 12.1 Å². The van der Waals surface area contributed by atoms with Crippen molar-refractivity contribution in [2.24, 2.45) is 5.73 Å². The minimum atomic E-state index is -0.924. The summed E-state index contributed by atoms with van der Waals surface area (Å²) in [6.45, 7) is 3.66. The number of aromatic nitrogens is 1. The first kappa shape index (κ1) is 18.4. The van der Waals surface area contributed by atoms with Crippen LogP contribution in [0.2, 0.25) is 0 Å². The molecule has 0 radical (unpaired) electrons. The fourth-order valence-electron chi connectivity index (χ4n) is 3.15. The van der Waals surface area contributed by atoms with E-state index in [1.807, 2.05) is 17.6 Å². The van der Waals surface area contributed by atoms with Crippen molar-refractivity contribution in [1.29, 1.82) is 0 Å². The topological polar surface area (TPSA) is 77.1 Å². The van der Waals surface area contributed by atoms with Crippen LogP contribution in [0.15, 0.2) is 60.7 Å². The maximum absolute atomic E-state index is 13.2. The minimum absolute atomic E-state index is 0.327. The van der Waals surface area contributed by atoms with Gasteiger partial charge in [0.05, 0.1) is 5.56 Å². The summed E-state index contributed by atoms with van der Waals surface area (Å²) in [6, 6.07) is 15.7. The van der Waals surface area contributed by atoms with Gasteiger partial charge >= 0.3 is 0 Å². The van der Waals surface area contributed by atoms with E-state index in [-0.39, 0.29) is 5.82 Å². The van der Waals surface area contributed by atoms with Gasteiger partial charge in [0.1, 0.15) is 11.9 Å². The first-order chi connectivity index (χ1) is 12.9. The van der Waals surface area contributed by atoms with Gasteiger partial charge in [0.15, 0.2) is 0 Å². The molecule has 27 heavy (non-hydrogen) atoms. The van der Waals surface area contributed by atoms with E-state index in [0.717, 1.165) is 11.4 Å². The van der Waals surface area contributed by atoms with Crippen molar-refractivity contribution in [2.75, 3.05) is 0 Å². The van der Waals surface area contributed by atoms with Crippen molar-refractivity contribution in [2.45, 2.75) is 19.9 Å². The molecule has 2 amide bonds. The Morgan fingerprint density at radius 3 is 2.26 bits per heavy atom. The van der Waals surface area contributed by atoms with Crippen LogP contribution in [-0.2, 0) is 4.79 Å². The molecule has 1 unspecified atom stereocenters. The molecule has 0 aliphatic rings. The third-order valence-corrected chi connectivity index (χ3v) is 4.45. The predicted molar refractivity (Wildman–Crippen MR) is 101 cm³/mol. The van der Waals surface area contributed by atoms with Gasteiger partial charge in [-0.15, -0.1) is 0 Å². The van der Waals surface area contributed by atoms with E-state index in [1.54, 1.807) is 49.4 Å². The highest BCUT2D eigenvalue weighted by Gasteiger charge is 2.23. The van der Waals surface area contributed by atoms with Crippen LogP contribution in [0.1, 0.15) is 33.4 Å². The summed E-state index contributed by atoms with van der Waals surface area (Å²) in [5.41, 5.74) is 8.78. The van der Waals surface area contributed by atoms with Gasteiger partial charge < -0.3 is 15.6 Å². The van der Waals surface area contributed by atoms with Gasteiger partial charge in [-0.25, -0.2) is 4.39 Å². The number of hydrogen-bond acceptors (Lipinski definition) is 2. The van der Waals surface area contributed by atoms with Gasteiger partial charge in [-0.1, -0.05) is 30.3 Å². The molecule has 5 nitrogen and oxygen atoms in total. The number of amides is 2. The molecular formula is C21H20FN3O2. The second-order valence-corrected chi connectivity index (χ2v) is 6.32. The number of primary amides is 1. The maximum Gasteiger partial charge on any atom is 0.254 e. The quantitative estimate of drug-likeness (QED) is 0.728. The lowest BCUT2D eigenvalue weighted by molar-refractivity contribution is -0.120. The maximum atomic E-state index is 13.2. The zero-order chi connectivity index (χ0) is 19.6. The second kappa shape index (κ2) is 7.45. The number of carbonyl (C=O) groups excluding carboxylic acids is 2. The Kier molecular flexibility index (Phi) is 5.07. The van der Waals surface area contributed by atoms with Crippen LogP contribution in [0.5, 0.6) is 0 Å². The van der Waals surface area contributed by atoms with E-state index < -0.39 is 17.9 Å². The number of halogens is 1. The SMILES string of the molecule is Cc1cc(C(=O)NC(C(N)=O)c2ccccc2)c(C)n1-c1ccc(F)cc1. The van der Waals surface area contributed by atoms with Gasteiger partial charge in [-0.3, -0.25) is 9.59 Å². The van der Waals surface area contributed by atoms with Gasteiger partial charge in [-0.05, 0) is 49.7 Å². The molecule has 0 saturated heterocycles. The molecule has 0 spiro atoms. The van der Waals surface area contributed by atoms with E-state index in [0.29, 0.717) is 16.8 Å². The van der Waals surface area contributed by atoms with Crippen molar-refractivity contribution in [1.82, 2.24) is 9.88 Å². The highest BCUT2D eigenvalue weighted by atomic mass is 19.1. The average Bonchev–Trinajstić information content (AvgIpc) is 2.95. The summed E-state index contributed by atoms with van der Waals surface area (Å²) in [6.07, 6.45) is 0.